The number of methoxy groups -OCH3 is 1. The van der Waals surface area contributed by atoms with E-state index in [2.05, 4.69) is 0 Å². The first-order valence-corrected chi connectivity index (χ1v) is 6.07. The van der Waals surface area contributed by atoms with E-state index in [0.29, 0.717) is 0 Å². The standard InChI is InChI=1S/C12H18N2O5/c1-3-4-12(18-2)19-8-7-13-9-10(14(16)17)5-6-11(13)15/h5-6,9,12H,3-4,7-8H2,1-2H3. The summed E-state index contributed by atoms with van der Waals surface area (Å²) >= 11 is 0. The second-order valence-electron chi connectivity index (χ2n) is 4.00. The average Bonchev–Trinajstić information content (AvgIpc) is 2.39. The number of aromatic nitrogens is 1. The Bertz CT molecular complexity index is 471. The van der Waals surface area contributed by atoms with Crippen molar-refractivity contribution in [1.29, 1.82) is 0 Å². The largest absolute Gasteiger partial charge is 0.356 e. The van der Waals surface area contributed by atoms with Gasteiger partial charge in [0.2, 0.25) is 0 Å². The molecule has 106 valence electrons. The maximum atomic E-state index is 11.5. The molecule has 1 aromatic heterocycles. The molecule has 0 saturated carbocycles. The van der Waals surface area contributed by atoms with Crippen LogP contribution in [0.1, 0.15) is 19.8 Å². The zero-order valence-corrected chi connectivity index (χ0v) is 11.1. The van der Waals surface area contributed by atoms with Gasteiger partial charge in [-0.15, -0.1) is 0 Å². The van der Waals surface area contributed by atoms with Gasteiger partial charge in [0.25, 0.3) is 11.2 Å². The molecule has 0 spiro atoms. The Labute approximate surface area is 110 Å². The summed E-state index contributed by atoms with van der Waals surface area (Å²) in [4.78, 5) is 21.6. The molecule has 0 aromatic carbocycles. The van der Waals surface area contributed by atoms with Gasteiger partial charge in [-0.25, -0.2) is 0 Å². The first kappa shape index (κ1) is 15.3. The minimum absolute atomic E-state index is 0.114. The predicted octanol–water partition coefficient (Wildman–Crippen LogP) is 1.55. The Morgan fingerprint density at radius 3 is 2.79 bits per heavy atom. The van der Waals surface area contributed by atoms with Crippen molar-refractivity contribution in [3.63, 3.8) is 0 Å². The molecule has 0 amide bonds. The minimum atomic E-state index is -0.536. The lowest BCUT2D eigenvalue weighted by Crippen LogP contribution is -2.24. The summed E-state index contributed by atoms with van der Waals surface area (Å²) in [5, 5.41) is 10.6. The van der Waals surface area contributed by atoms with E-state index in [9.17, 15) is 14.9 Å². The summed E-state index contributed by atoms with van der Waals surface area (Å²) < 4.78 is 11.8. The third kappa shape index (κ3) is 4.80. The molecular weight excluding hydrogens is 252 g/mol. The molecule has 0 bridgehead atoms. The number of hydrogen-bond acceptors (Lipinski definition) is 5. The lowest BCUT2D eigenvalue weighted by atomic mass is 10.3. The molecule has 0 N–H and O–H groups in total. The molecule has 0 saturated heterocycles. The van der Waals surface area contributed by atoms with E-state index >= 15 is 0 Å². The lowest BCUT2D eigenvalue weighted by molar-refractivity contribution is -0.385. The van der Waals surface area contributed by atoms with Crippen LogP contribution in [0.3, 0.4) is 0 Å². The number of ether oxygens (including phenoxy) is 2. The van der Waals surface area contributed by atoms with E-state index < -0.39 is 4.92 Å². The van der Waals surface area contributed by atoms with Crippen LogP contribution in [0.15, 0.2) is 23.1 Å². The molecule has 0 aliphatic rings. The van der Waals surface area contributed by atoms with Crippen molar-refractivity contribution >= 4 is 5.69 Å². The van der Waals surface area contributed by atoms with Gasteiger partial charge in [0, 0.05) is 25.8 Å². The predicted molar refractivity (Wildman–Crippen MR) is 69.0 cm³/mol. The number of pyridine rings is 1. The summed E-state index contributed by atoms with van der Waals surface area (Å²) in [6.45, 7) is 2.53. The zero-order valence-electron chi connectivity index (χ0n) is 11.1. The first-order chi connectivity index (χ1) is 9.08. The highest BCUT2D eigenvalue weighted by molar-refractivity contribution is 5.24. The van der Waals surface area contributed by atoms with E-state index in [-0.39, 0.29) is 30.7 Å². The first-order valence-electron chi connectivity index (χ1n) is 6.07. The van der Waals surface area contributed by atoms with Crippen molar-refractivity contribution in [2.45, 2.75) is 32.6 Å². The Hall–Kier alpha value is -1.73. The highest BCUT2D eigenvalue weighted by atomic mass is 16.7. The van der Waals surface area contributed by atoms with Crippen LogP contribution in [-0.4, -0.2) is 29.5 Å². The third-order valence-corrected chi connectivity index (χ3v) is 2.60. The Morgan fingerprint density at radius 1 is 1.47 bits per heavy atom. The molecule has 0 fully saturated rings. The number of hydrogen-bond donors (Lipinski definition) is 0. The van der Waals surface area contributed by atoms with E-state index in [4.69, 9.17) is 9.47 Å². The topological polar surface area (TPSA) is 83.6 Å². The summed E-state index contributed by atoms with van der Waals surface area (Å²) in [6, 6.07) is 2.37. The third-order valence-electron chi connectivity index (χ3n) is 2.60. The van der Waals surface area contributed by atoms with Crippen LogP contribution < -0.4 is 5.56 Å². The van der Waals surface area contributed by atoms with E-state index in [1.807, 2.05) is 6.92 Å². The molecule has 1 rings (SSSR count). The molecule has 1 unspecified atom stereocenters. The van der Waals surface area contributed by atoms with Gasteiger partial charge in [-0.2, -0.15) is 0 Å². The van der Waals surface area contributed by atoms with Crippen LogP contribution >= 0.6 is 0 Å². The smallest absolute Gasteiger partial charge is 0.285 e. The van der Waals surface area contributed by atoms with E-state index in [1.54, 1.807) is 7.11 Å². The van der Waals surface area contributed by atoms with Gasteiger partial charge in [-0.05, 0) is 6.42 Å². The molecule has 1 atom stereocenters. The summed E-state index contributed by atoms with van der Waals surface area (Å²) in [6.07, 6.45) is 2.60. The second-order valence-corrected chi connectivity index (χ2v) is 4.00. The van der Waals surface area contributed by atoms with Gasteiger partial charge in [-0.1, -0.05) is 13.3 Å². The number of nitro groups is 1. The fraction of sp³-hybridized carbons (Fsp3) is 0.583. The molecule has 7 nitrogen and oxygen atoms in total. The van der Waals surface area contributed by atoms with Crippen molar-refractivity contribution in [1.82, 2.24) is 4.57 Å². The second kappa shape index (κ2) is 7.65. The molecule has 1 aromatic rings. The monoisotopic (exact) mass is 270 g/mol. The molecular formula is C12H18N2O5. The Morgan fingerprint density at radius 2 is 2.21 bits per heavy atom. The number of nitrogens with zero attached hydrogens (tertiary/aromatic N) is 2. The molecule has 0 aliphatic heterocycles. The van der Waals surface area contributed by atoms with Crippen LogP contribution in [0.4, 0.5) is 5.69 Å². The van der Waals surface area contributed by atoms with E-state index in [0.717, 1.165) is 12.8 Å². The van der Waals surface area contributed by atoms with Gasteiger partial charge in [0.05, 0.1) is 17.7 Å². The molecule has 0 radical (unpaired) electrons. The Balaban J connectivity index is 2.59. The summed E-state index contributed by atoms with van der Waals surface area (Å²) in [5.41, 5.74) is -0.407. The average molecular weight is 270 g/mol. The molecule has 1 heterocycles. The van der Waals surface area contributed by atoms with Gasteiger partial charge >= 0.3 is 0 Å². The van der Waals surface area contributed by atoms with Crippen molar-refractivity contribution < 1.29 is 14.4 Å². The van der Waals surface area contributed by atoms with Crippen LogP contribution in [0, 0.1) is 10.1 Å². The van der Waals surface area contributed by atoms with Gasteiger partial charge < -0.3 is 14.0 Å². The van der Waals surface area contributed by atoms with Crippen molar-refractivity contribution in [2.24, 2.45) is 0 Å². The normalized spacial score (nSPS) is 12.3. The van der Waals surface area contributed by atoms with Crippen LogP contribution in [0.5, 0.6) is 0 Å². The maximum absolute atomic E-state index is 11.5. The number of rotatable bonds is 8. The Kier molecular flexibility index (Phi) is 6.17. The van der Waals surface area contributed by atoms with E-state index in [1.165, 1.54) is 22.9 Å². The minimum Gasteiger partial charge on any atom is -0.356 e. The zero-order chi connectivity index (χ0) is 14.3. The molecule has 0 aliphatic carbocycles. The van der Waals surface area contributed by atoms with Crippen molar-refractivity contribution in [3.05, 3.63) is 38.8 Å². The fourth-order valence-electron chi connectivity index (χ4n) is 1.59. The van der Waals surface area contributed by atoms with Gasteiger partial charge in [0.1, 0.15) is 0 Å². The SMILES string of the molecule is CCCC(OC)OCCn1cc([N+](=O)[O-])ccc1=O. The van der Waals surface area contributed by atoms with Crippen LogP contribution in [0.2, 0.25) is 0 Å². The van der Waals surface area contributed by atoms with Crippen LogP contribution in [0.25, 0.3) is 0 Å². The van der Waals surface area contributed by atoms with Gasteiger partial charge in [-0.3, -0.25) is 14.9 Å². The molecule has 19 heavy (non-hydrogen) atoms. The fourth-order valence-corrected chi connectivity index (χ4v) is 1.59. The van der Waals surface area contributed by atoms with Crippen molar-refractivity contribution in [2.75, 3.05) is 13.7 Å². The van der Waals surface area contributed by atoms with Crippen LogP contribution in [-0.2, 0) is 16.0 Å². The summed E-state index contributed by atoms with van der Waals surface area (Å²) in [5.74, 6) is 0. The summed E-state index contributed by atoms with van der Waals surface area (Å²) in [7, 11) is 1.56. The highest BCUT2D eigenvalue weighted by Gasteiger charge is 2.09. The highest BCUT2D eigenvalue weighted by Crippen LogP contribution is 2.07. The molecule has 7 heteroatoms. The lowest BCUT2D eigenvalue weighted by Gasteiger charge is -2.15. The van der Waals surface area contributed by atoms with Crippen molar-refractivity contribution in [3.8, 4) is 0 Å². The quantitative estimate of drug-likeness (QED) is 0.406. The van der Waals surface area contributed by atoms with Gasteiger partial charge in [0.15, 0.2) is 6.29 Å². The maximum Gasteiger partial charge on any atom is 0.285 e.